The van der Waals surface area contributed by atoms with Crippen LogP contribution in [0.4, 0.5) is 0 Å². The summed E-state index contributed by atoms with van der Waals surface area (Å²) < 4.78 is 9.56. The van der Waals surface area contributed by atoms with Crippen LogP contribution in [0.3, 0.4) is 0 Å². The van der Waals surface area contributed by atoms with E-state index >= 15 is 0 Å². The van der Waals surface area contributed by atoms with E-state index in [1.165, 1.54) is 0 Å². The van der Waals surface area contributed by atoms with Gasteiger partial charge in [-0.15, -0.1) is 0 Å². The lowest BCUT2D eigenvalue weighted by molar-refractivity contribution is -0.136. The zero-order valence-corrected chi connectivity index (χ0v) is 15.7. The molecule has 6 nitrogen and oxygen atoms in total. The summed E-state index contributed by atoms with van der Waals surface area (Å²) in [6, 6.07) is 0. The van der Waals surface area contributed by atoms with Crippen LogP contribution >= 0.6 is 0 Å². The van der Waals surface area contributed by atoms with E-state index in [0.29, 0.717) is 18.8 Å². The van der Waals surface area contributed by atoms with Crippen molar-refractivity contribution in [3.8, 4) is 0 Å². The van der Waals surface area contributed by atoms with Crippen molar-refractivity contribution in [3.05, 3.63) is 0 Å². The van der Waals surface area contributed by atoms with Gasteiger partial charge in [0.15, 0.2) is 0 Å². The third-order valence-corrected chi connectivity index (χ3v) is 4.53. The number of carbonyl (C=O) groups excluding carboxylic acids is 3. The molecule has 1 aliphatic heterocycles. The Hall–Kier alpha value is -0.920. The third-order valence-electron chi connectivity index (χ3n) is 4.53. The predicted octanol–water partition coefficient (Wildman–Crippen LogP) is 1.04. The maximum absolute atomic E-state index is 12.2. The largest absolute Gasteiger partial charge is 0.617 e. The smallest absolute Gasteiger partial charge is 0.226 e. The van der Waals surface area contributed by atoms with E-state index in [4.69, 9.17) is 0 Å². The fourth-order valence-electron chi connectivity index (χ4n) is 3.60. The SMILES string of the molecule is C[C@@H]1C[C@@H]([C@H](O)CC2CC(=O)NC(=O)C2)C(=O)[C@@H](C)C1.C[S+](C)[O-]. The molecule has 1 heterocycles. The number of aliphatic hydroxyl groups excluding tert-OH is 1. The van der Waals surface area contributed by atoms with Crippen LogP contribution in [0.5, 0.6) is 0 Å². The van der Waals surface area contributed by atoms with E-state index in [0.717, 1.165) is 6.42 Å². The summed E-state index contributed by atoms with van der Waals surface area (Å²) in [5, 5.41) is 12.6. The summed E-state index contributed by atoms with van der Waals surface area (Å²) in [7, 11) is 0. The van der Waals surface area contributed by atoms with E-state index in [1.807, 2.05) is 6.92 Å². The fourth-order valence-corrected chi connectivity index (χ4v) is 3.60. The Balaban J connectivity index is 0.000000648. The van der Waals surface area contributed by atoms with Crippen LogP contribution in [0.15, 0.2) is 0 Å². The average molecular weight is 359 g/mol. The molecule has 2 N–H and O–H groups in total. The molecule has 0 bridgehead atoms. The van der Waals surface area contributed by atoms with Gasteiger partial charge in [-0.1, -0.05) is 25.0 Å². The molecule has 0 aromatic rings. The highest BCUT2D eigenvalue weighted by Gasteiger charge is 2.38. The molecule has 1 saturated heterocycles. The topological polar surface area (TPSA) is 107 Å². The van der Waals surface area contributed by atoms with Crippen molar-refractivity contribution < 1.29 is 24.0 Å². The van der Waals surface area contributed by atoms with Crippen LogP contribution in [0.1, 0.15) is 46.0 Å². The zero-order valence-electron chi connectivity index (χ0n) is 14.9. The molecule has 2 aliphatic rings. The Morgan fingerprint density at radius 3 is 2.17 bits per heavy atom. The number of hydrogen-bond acceptors (Lipinski definition) is 5. The first kappa shape index (κ1) is 21.1. The van der Waals surface area contributed by atoms with E-state index in [2.05, 4.69) is 12.2 Å². The number of amides is 2. The van der Waals surface area contributed by atoms with E-state index < -0.39 is 17.3 Å². The predicted molar refractivity (Wildman–Crippen MR) is 92.5 cm³/mol. The van der Waals surface area contributed by atoms with Gasteiger partial charge in [0.05, 0.1) is 18.6 Å². The number of hydrogen-bond donors (Lipinski definition) is 2. The van der Waals surface area contributed by atoms with Gasteiger partial charge in [-0.05, 0) is 31.1 Å². The van der Waals surface area contributed by atoms with Gasteiger partial charge in [0.1, 0.15) is 5.78 Å². The Labute approximate surface area is 146 Å². The number of carbonyl (C=O) groups is 3. The van der Waals surface area contributed by atoms with Crippen LogP contribution < -0.4 is 5.32 Å². The summed E-state index contributed by atoms with van der Waals surface area (Å²) in [6.45, 7) is 4.01. The Morgan fingerprint density at radius 1 is 1.17 bits per heavy atom. The van der Waals surface area contributed by atoms with Gasteiger partial charge in [-0.2, -0.15) is 0 Å². The second-order valence-electron chi connectivity index (χ2n) is 7.28. The normalized spacial score (nSPS) is 29.8. The molecule has 0 aromatic carbocycles. The maximum atomic E-state index is 12.2. The first-order valence-corrected chi connectivity index (χ1v) is 10.4. The number of aliphatic hydroxyl groups is 1. The van der Waals surface area contributed by atoms with Crippen LogP contribution in [0.2, 0.25) is 0 Å². The lowest BCUT2D eigenvalue weighted by Crippen LogP contribution is -2.42. The van der Waals surface area contributed by atoms with E-state index in [9.17, 15) is 24.0 Å². The number of imide groups is 1. The molecule has 1 saturated carbocycles. The van der Waals surface area contributed by atoms with Gasteiger partial charge in [0.25, 0.3) is 0 Å². The van der Waals surface area contributed by atoms with Gasteiger partial charge in [0.2, 0.25) is 11.8 Å². The summed E-state index contributed by atoms with van der Waals surface area (Å²) in [6.07, 6.45) is 5.00. The van der Waals surface area contributed by atoms with Crippen molar-refractivity contribution in [3.63, 3.8) is 0 Å². The van der Waals surface area contributed by atoms with Gasteiger partial charge in [-0.3, -0.25) is 19.7 Å². The van der Waals surface area contributed by atoms with Gasteiger partial charge < -0.3 is 9.66 Å². The number of Topliss-reactive ketones (excluding diaryl/α,β-unsaturated/α-hetero) is 1. The molecule has 138 valence electrons. The second-order valence-corrected chi connectivity index (χ2v) is 8.76. The Morgan fingerprint density at radius 2 is 1.67 bits per heavy atom. The van der Waals surface area contributed by atoms with Gasteiger partial charge in [-0.25, -0.2) is 0 Å². The summed E-state index contributed by atoms with van der Waals surface area (Å²) in [5.41, 5.74) is 0. The molecule has 7 heteroatoms. The highest BCUT2D eigenvalue weighted by molar-refractivity contribution is 7.89. The van der Waals surface area contributed by atoms with Gasteiger partial charge in [0, 0.05) is 24.7 Å². The molecular formula is C17H29NO5S. The van der Waals surface area contributed by atoms with Crippen LogP contribution in [-0.2, 0) is 25.6 Å². The summed E-state index contributed by atoms with van der Waals surface area (Å²) in [4.78, 5) is 34.8. The van der Waals surface area contributed by atoms with Crippen molar-refractivity contribution in [1.29, 1.82) is 0 Å². The first-order chi connectivity index (χ1) is 11.1. The quantitative estimate of drug-likeness (QED) is 0.578. The number of nitrogens with one attached hydrogen (secondary N) is 1. The summed E-state index contributed by atoms with van der Waals surface area (Å²) in [5.74, 6) is -0.499. The molecule has 0 aromatic heterocycles. The number of ketones is 1. The first-order valence-electron chi connectivity index (χ1n) is 8.39. The minimum atomic E-state index is -0.739. The van der Waals surface area contributed by atoms with E-state index in [-0.39, 0.29) is 48.2 Å². The highest BCUT2D eigenvalue weighted by Crippen LogP contribution is 2.34. The number of piperidine rings is 1. The standard InChI is InChI=1S/C15H23NO4.C2H6OS/c1-8-3-9(2)15(20)11(4-8)12(17)5-10-6-13(18)16-14(19)7-10;1-4(2)3/h8-12,17H,3-7H2,1-2H3,(H,16,18,19);1-2H3/t8-,9-,11-,12+;/m0./s1. The Kier molecular flexibility index (Phi) is 8.39. The monoisotopic (exact) mass is 359 g/mol. The van der Waals surface area contributed by atoms with Crippen LogP contribution in [-0.4, -0.2) is 45.9 Å². The molecule has 0 spiro atoms. The Bertz CT molecular complexity index is 449. The average Bonchev–Trinajstić information content (AvgIpc) is 2.40. The van der Waals surface area contributed by atoms with Crippen molar-refractivity contribution in [2.24, 2.45) is 23.7 Å². The lowest BCUT2D eigenvalue weighted by Gasteiger charge is -2.34. The molecule has 24 heavy (non-hydrogen) atoms. The summed E-state index contributed by atoms with van der Waals surface area (Å²) >= 11 is -0.611. The van der Waals surface area contributed by atoms with Crippen LogP contribution in [0.25, 0.3) is 0 Å². The van der Waals surface area contributed by atoms with Crippen molar-refractivity contribution in [2.45, 2.75) is 52.1 Å². The van der Waals surface area contributed by atoms with Crippen molar-refractivity contribution in [1.82, 2.24) is 5.32 Å². The molecule has 0 unspecified atom stereocenters. The molecule has 4 atom stereocenters. The molecule has 1 aliphatic carbocycles. The highest BCUT2D eigenvalue weighted by atomic mass is 32.2. The zero-order chi connectivity index (χ0) is 18.4. The minimum absolute atomic E-state index is 0.00492. The third kappa shape index (κ3) is 6.91. The van der Waals surface area contributed by atoms with Crippen molar-refractivity contribution >= 4 is 28.8 Å². The molecule has 2 rings (SSSR count). The molecule has 0 radical (unpaired) electrons. The molecule has 2 fully saturated rings. The number of rotatable bonds is 3. The molecular weight excluding hydrogens is 330 g/mol. The lowest BCUT2D eigenvalue weighted by atomic mass is 9.71. The minimum Gasteiger partial charge on any atom is -0.617 e. The fraction of sp³-hybridized carbons (Fsp3) is 0.824. The maximum Gasteiger partial charge on any atom is 0.226 e. The van der Waals surface area contributed by atoms with Crippen molar-refractivity contribution in [2.75, 3.05) is 12.5 Å². The second kappa shape index (κ2) is 9.53. The van der Waals surface area contributed by atoms with Gasteiger partial charge >= 0.3 is 0 Å². The van der Waals surface area contributed by atoms with E-state index in [1.54, 1.807) is 12.5 Å². The molecule has 2 amide bonds. The van der Waals surface area contributed by atoms with Crippen LogP contribution in [0, 0.1) is 23.7 Å².